The molecule has 0 bridgehead atoms. The van der Waals surface area contributed by atoms with Crippen molar-refractivity contribution in [2.75, 3.05) is 13.2 Å². The van der Waals surface area contributed by atoms with E-state index < -0.39 is 0 Å². The average Bonchev–Trinajstić information content (AvgIpc) is 2.52. The molecule has 0 spiro atoms. The number of carbonyl (C=O) groups excluding carboxylic acids is 1. The van der Waals surface area contributed by atoms with Gasteiger partial charge in [0.2, 0.25) is 0 Å². The van der Waals surface area contributed by atoms with Crippen LogP contribution >= 0.6 is 0 Å². The first-order valence-corrected chi connectivity index (χ1v) is 4.20. The van der Waals surface area contributed by atoms with E-state index in [1.807, 2.05) is 6.08 Å². The number of allylic oxidation sites excluding steroid dienone is 1. The van der Waals surface area contributed by atoms with Crippen molar-refractivity contribution in [2.24, 2.45) is 0 Å². The second kappa shape index (κ2) is 3.12. The number of nitrogens with zero attached hydrogens (tertiary/aromatic N) is 1. The quantitative estimate of drug-likeness (QED) is 0.571. The normalized spacial score (nSPS) is 27.4. The highest BCUT2D eigenvalue weighted by Crippen LogP contribution is 2.22. The van der Waals surface area contributed by atoms with Crippen LogP contribution in [0.15, 0.2) is 24.5 Å². The van der Waals surface area contributed by atoms with Crippen molar-refractivity contribution in [2.45, 2.75) is 12.6 Å². The summed E-state index contributed by atoms with van der Waals surface area (Å²) >= 11 is 0. The molecule has 0 radical (unpaired) electrons. The van der Waals surface area contributed by atoms with Crippen molar-refractivity contribution in [3.8, 4) is 0 Å². The summed E-state index contributed by atoms with van der Waals surface area (Å²) in [6, 6.07) is 0. The van der Waals surface area contributed by atoms with Crippen LogP contribution in [0.25, 0.3) is 0 Å². The highest BCUT2D eigenvalue weighted by molar-refractivity contribution is 5.70. The molecule has 4 heteroatoms. The van der Waals surface area contributed by atoms with Crippen molar-refractivity contribution in [1.29, 1.82) is 0 Å². The van der Waals surface area contributed by atoms with Gasteiger partial charge in [-0.3, -0.25) is 4.90 Å². The number of ether oxygens (including phenoxy) is 2. The van der Waals surface area contributed by atoms with Gasteiger partial charge < -0.3 is 9.47 Å². The van der Waals surface area contributed by atoms with E-state index in [1.54, 1.807) is 11.2 Å². The minimum Gasteiger partial charge on any atom is -0.474 e. The standard InChI is InChI=1S/C9H11NO3/c1-7-3-2-5-12-8(7)10-4-6-13-9(10)11/h2,5,8H,1,3-4,6H2. The topological polar surface area (TPSA) is 38.8 Å². The molecule has 1 unspecified atom stereocenters. The number of rotatable bonds is 1. The molecular formula is C9H11NO3. The second-order valence-corrected chi connectivity index (χ2v) is 3.03. The fourth-order valence-electron chi connectivity index (χ4n) is 1.44. The van der Waals surface area contributed by atoms with E-state index in [9.17, 15) is 4.79 Å². The van der Waals surface area contributed by atoms with Crippen molar-refractivity contribution >= 4 is 6.09 Å². The van der Waals surface area contributed by atoms with Gasteiger partial charge in [0, 0.05) is 0 Å². The van der Waals surface area contributed by atoms with Crippen LogP contribution in [-0.4, -0.2) is 30.4 Å². The SMILES string of the molecule is C=C1CC=COC1N1CCOC1=O. The fraction of sp³-hybridized carbons (Fsp3) is 0.444. The zero-order chi connectivity index (χ0) is 9.26. The largest absolute Gasteiger partial charge is 0.474 e. The Morgan fingerprint density at radius 2 is 2.46 bits per heavy atom. The number of carbonyl (C=O) groups is 1. The molecule has 0 N–H and O–H groups in total. The summed E-state index contributed by atoms with van der Waals surface area (Å²) in [6.45, 7) is 4.87. The Labute approximate surface area is 76.4 Å². The van der Waals surface area contributed by atoms with Crippen LogP contribution in [0.2, 0.25) is 0 Å². The van der Waals surface area contributed by atoms with E-state index in [0.29, 0.717) is 13.2 Å². The highest BCUT2D eigenvalue weighted by atomic mass is 16.6. The minimum atomic E-state index is -0.333. The first-order valence-electron chi connectivity index (χ1n) is 4.20. The number of hydrogen-bond acceptors (Lipinski definition) is 3. The van der Waals surface area contributed by atoms with Crippen LogP contribution in [0, 0.1) is 0 Å². The van der Waals surface area contributed by atoms with E-state index in [1.165, 1.54) is 0 Å². The van der Waals surface area contributed by atoms with Crippen LogP contribution in [-0.2, 0) is 9.47 Å². The van der Waals surface area contributed by atoms with E-state index in [-0.39, 0.29) is 12.3 Å². The maximum absolute atomic E-state index is 11.2. The Morgan fingerprint density at radius 1 is 1.62 bits per heavy atom. The van der Waals surface area contributed by atoms with Crippen LogP contribution in [0.5, 0.6) is 0 Å². The number of hydrogen-bond donors (Lipinski definition) is 0. The molecule has 2 rings (SSSR count). The Kier molecular flexibility index (Phi) is 1.96. The van der Waals surface area contributed by atoms with Crippen molar-refractivity contribution in [3.05, 3.63) is 24.5 Å². The summed E-state index contributed by atoms with van der Waals surface area (Å²) in [7, 11) is 0. The molecule has 2 heterocycles. The molecule has 4 nitrogen and oxygen atoms in total. The third-order valence-corrected chi connectivity index (χ3v) is 2.11. The molecule has 0 aromatic heterocycles. The van der Waals surface area contributed by atoms with Crippen LogP contribution in [0.4, 0.5) is 4.79 Å². The molecule has 1 amide bonds. The summed E-state index contributed by atoms with van der Waals surface area (Å²) in [4.78, 5) is 12.7. The van der Waals surface area contributed by atoms with E-state index >= 15 is 0 Å². The molecule has 0 aromatic rings. The Balaban J connectivity index is 2.11. The lowest BCUT2D eigenvalue weighted by atomic mass is 10.1. The maximum atomic E-state index is 11.2. The molecular weight excluding hydrogens is 170 g/mol. The smallest absolute Gasteiger partial charge is 0.413 e. The zero-order valence-corrected chi connectivity index (χ0v) is 7.23. The lowest BCUT2D eigenvalue weighted by Gasteiger charge is -2.28. The molecule has 1 atom stereocenters. The van der Waals surface area contributed by atoms with Gasteiger partial charge >= 0.3 is 6.09 Å². The lowest BCUT2D eigenvalue weighted by molar-refractivity contribution is 0.0431. The van der Waals surface area contributed by atoms with Gasteiger partial charge in [-0.2, -0.15) is 0 Å². The summed E-state index contributed by atoms with van der Waals surface area (Å²) < 4.78 is 10.1. The number of cyclic esters (lactones) is 1. The molecule has 0 saturated carbocycles. The number of amides is 1. The Bertz CT molecular complexity index is 272. The van der Waals surface area contributed by atoms with Gasteiger partial charge in [-0.1, -0.05) is 6.58 Å². The molecule has 70 valence electrons. The van der Waals surface area contributed by atoms with Crippen LogP contribution in [0.1, 0.15) is 6.42 Å². The Morgan fingerprint density at radius 3 is 3.08 bits per heavy atom. The predicted molar refractivity (Wildman–Crippen MR) is 45.8 cm³/mol. The first kappa shape index (κ1) is 8.16. The van der Waals surface area contributed by atoms with Gasteiger partial charge in [0.05, 0.1) is 12.8 Å². The van der Waals surface area contributed by atoms with Crippen LogP contribution < -0.4 is 0 Å². The summed E-state index contributed by atoms with van der Waals surface area (Å²) in [5.41, 5.74) is 0.890. The summed E-state index contributed by atoms with van der Waals surface area (Å²) in [5.74, 6) is 0. The molecule has 0 aliphatic carbocycles. The van der Waals surface area contributed by atoms with Gasteiger partial charge in [-0.05, 0) is 18.1 Å². The van der Waals surface area contributed by atoms with Gasteiger partial charge in [-0.15, -0.1) is 0 Å². The monoisotopic (exact) mass is 181 g/mol. The van der Waals surface area contributed by atoms with Gasteiger partial charge in [0.15, 0.2) is 6.23 Å². The predicted octanol–water partition coefficient (Wildman–Crippen LogP) is 1.25. The van der Waals surface area contributed by atoms with E-state index in [2.05, 4.69) is 6.58 Å². The fourth-order valence-corrected chi connectivity index (χ4v) is 1.44. The third kappa shape index (κ3) is 1.39. The van der Waals surface area contributed by atoms with Gasteiger partial charge in [0.1, 0.15) is 6.61 Å². The third-order valence-electron chi connectivity index (χ3n) is 2.11. The van der Waals surface area contributed by atoms with Gasteiger partial charge in [0.25, 0.3) is 0 Å². The summed E-state index contributed by atoms with van der Waals surface area (Å²) in [6.07, 6.45) is 3.58. The molecule has 2 aliphatic heterocycles. The molecule has 13 heavy (non-hydrogen) atoms. The molecule has 1 fully saturated rings. The molecule has 1 saturated heterocycles. The Hall–Kier alpha value is -1.45. The lowest BCUT2D eigenvalue weighted by Crippen LogP contribution is -2.39. The van der Waals surface area contributed by atoms with E-state index in [0.717, 1.165) is 12.0 Å². The van der Waals surface area contributed by atoms with Crippen molar-refractivity contribution < 1.29 is 14.3 Å². The minimum absolute atomic E-state index is 0.318. The second-order valence-electron chi connectivity index (χ2n) is 3.03. The van der Waals surface area contributed by atoms with Crippen LogP contribution in [0.3, 0.4) is 0 Å². The van der Waals surface area contributed by atoms with Crippen molar-refractivity contribution in [1.82, 2.24) is 4.90 Å². The van der Waals surface area contributed by atoms with Crippen molar-refractivity contribution in [3.63, 3.8) is 0 Å². The first-order chi connectivity index (χ1) is 6.29. The summed E-state index contributed by atoms with van der Waals surface area (Å²) in [5, 5.41) is 0. The molecule has 2 aliphatic rings. The average molecular weight is 181 g/mol. The zero-order valence-electron chi connectivity index (χ0n) is 7.23. The molecule has 0 aromatic carbocycles. The van der Waals surface area contributed by atoms with E-state index in [4.69, 9.17) is 9.47 Å². The van der Waals surface area contributed by atoms with Gasteiger partial charge in [-0.25, -0.2) is 4.79 Å². The highest BCUT2D eigenvalue weighted by Gasteiger charge is 2.32. The maximum Gasteiger partial charge on any atom is 0.413 e.